The lowest BCUT2D eigenvalue weighted by molar-refractivity contribution is -0.158. The van der Waals surface area contributed by atoms with E-state index in [1.54, 1.807) is 60.7 Å². The molecule has 692 valence electrons. The first-order valence-corrected chi connectivity index (χ1v) is 49.3. The number of fused-ring (bicyclic) bond motifs is 12. The molecule has 22 nitrogen and oxygen atoms in total. The van der Waals surface area contributed by atoms with Gasteiger partial charge in [-0.25, -0.2) is 25.0 Å². The lowest BCUT2D eigenvalue weighted by Gasteiger charge is -2.45. The van der Waals surface area contributed by atoms with Crippen LogP contribution in [0.1, 0.15) is 265 Å². The molecule has 26 heteroatoms. The van der Waals surface area contributed by atoms with E-state index in [1.807, 2.05) is 25.5 Å². The van der Waals surface area contributed by atoms with Crippen molar-refractivity contribution < 1.29 is 51.3 Å². The van der Waals surface area contributed by atoms with E-state index < -0.39 is 46.2 Å². The second-order valence-corrected chi connectivity index (χ2v) is 42.9. The first-order valence-electron chi connectivity index (χ1n) is 48.4. The summed E-state index contributed by atoms with van der Waals surface area (Å²) in [5.41, 5.74) is 33.7. The van der Waals surface area contributed by atoms with Crippen LogP contribution in [0, 0.1) is 63.1 Å². The van der Waals surface area contributed by atoms with Crippen LogP contribution in [0.25, 0.3) is 0 Å². The molecule has 0 radical (unpaired) electrons. The van der Waals surface area contributed by atoms with Gasteiger partial charge < -0.3 is 46.8 Å². The van der Waals surface area contributed by atoms with Crippen molar-refractivity contribution in [3.63, 3.8) is 0 Å². The zero-order valence-corrected chi connectivity index (χ0v) is 78.0. The Balaban J connectivity index is 0.000000116. The Morgan fingerprint density at radius 3 is 1.17 bits per heavy atom. The number of hydrogen-bond acceptors (Lipinski definition) is 19. The molecule has 4 amide bonds. The van der Waals surface area contributed by atoms with E-state index in [0.29, 0.717) is 73.5 Å². The number of amides is 4. The Bertz CT molecular complexity index is 5240. The zero-order chi connectivity index (χ0) is 90.4. The minimum Gasteiger partial charge on any atom is -0.381 e. The van der Waals surface area contributed by atoms with E-state index in [9.17, 15) is 32.3 Å². The topological polar surface area (TPSA) is 288 Å². The monoisotopic (exact) mass is 1790 g/mol. The lowest BCUT2D eigenvalue weighted by atomic mass is 9.61. The van der Waals surface area contributed by atoms with Gasteiger partial charge in [0.25, 0.3) is 23.6 Å². The van der Waals surface area contributed by atoms with Crippen LogP contribution in [0.3, 0.4) is 0 Å². The minimum atomic E-state index is -4.55. The molecule has 8 N–H and O–H groups in total. The van der Waals surface area contributed by atoms with E-state index in [1.165, 1.54) is 92.0 Å². The fourth-order valence-electron chi connectivity index (χ4n) is 25.1. The van der Waals surface area contributed by atoms with Crippen LogP contribution in [-0.2, 0) is 112 Å². The molecule has 5 aromatic rings. The minimum absolute atomic E-state index is 0.0316. The molecule has 12 aliphatic carbocycles. The second-order valence-electron chi connectivity index (χ2n) is 41.9. The molecule has 8 spiro atoms. The van der Waals surface area contributed by atoms with Crippen LogP contribution in [0.5, 0.6) is 0 Å². The highest BCUT2D eigenvalue weighted by molar-refractivity contribution is 7.09. The number of nitrogens with zero attached hydrogens (tertiary/aromatic N) is 10. The van der Waals surface area contributed by atoms with Crippen molar-refractivity contribution in [3.05, 3.63) is 156 Å². The van der Waals surface area contributed by atoms with Crippen molar-refractivity contribution in [3.8, 4) is 11.8 Å². The van der Waals surface area contributed by atoms with Gasteiger partial charge in [-0.05, 0) is 304 Å². The Morgan fingerprint density at radius 1 is 0.473 bits per heavy atom. The van der Waals surface area contributed by atoms with Crippen molar-refractivity contribution in [1.82, 2.24) is 29.5 Å². The van der Waals surface area contributed by atoms with E-state index in [-0.39, 0.29) is 64.3 Å². The smallest absolute Gasteiger partial charge is 0.381 e. The first kappa shape index (κ1) is 90.9. The maximum Gasteiger partial charge on any atom is 0.406 e. The number of nitrogens with two attached hydrogens (primary N) is 4. The number of ether oxygens (including phenoxy) is 4. The summed E-state index contributed by atoms with van der Waals surface area (Å²) in [6.45, 7) is 5.37. The molecule has 4 atom stereocenters. The Kier molecular flexibility index (Phi) is 25.2. The van der Waals surface area contributed by atoms with Gasteiger partial charge in [0.15, 0.2) is 46.0 Å². The number of methoxy groups -OCH3 is 4. The number of halogens is 3. The van der Waals surface area contributed by atoms with Gasteiger partial charge in [-0.15, -0.1) is 11.3 Å². The highest BCUT2D eigenvalue weighted by Gasteiger charge is 2.72. The molecule has 8 saturated carbocycles. The zero-order valence-electron chi connectivity index (χ0n) is 77.2. The average Bonchev–Trinajstić information content (AvgIpc) is 1.53. The molecular formula is C103H135F3N14O8S. The van der Waals surface area contributed by atoms with Crippen molar-refractivity contribution in [1.29, 1.82) is 0 Å². The number of aryl methyl sites for hydroxylation is 3. The summed E-state index contributed by atoms with van der Waals surface area (Å²) >= 11 is 1.55. The molecule has 21 rings (SSSR count). The van der Waals surface area contributed by atoms with Gasteiger partial charge in [0, 0.05) is 86.2 Å². The van der Waals surface area contributed by atoms with Crippen LogP contribution < -0.4 is 22.9 Å². The third-order valence-corrected chi connectivity index (χ3v) is 33.7. The summed E-state index contributed by atoms with van der Waals surface area (Å²) in [5.74, 6) is 10.5. The molecule has 16 aliphatic rings. The Hall–Kier alpha value is -8.58. The molecule has 0 bridgehead atoms. The van der Waals surface area contributed by atoms with Crippen molar-refractivity contribution in [2.45, 2.75) is 298 Å². The molecule has 4 unspecified atom stereocenters. The number of carbonyl (C=O) groups excluding carboxylic acids is 4. The van der Waals surface area contributed by atoms with Crippen LogP contribution in [-0.4, -0.2) is 176 Å². The summed E-state index contributed by atoms with van der Waals surface area (Å²) < 4.78 is 62.4. The van der Waals surface area contributed by atoms with E-state index >= 15 is 0 Å². The number of guanidine groups is 4. The fourth-order valence-corrected chi connectivity index (χ4v) is 25.7. The molecule has 4 aliphatic heterocycles. The second kappa shape index (κ2) is 35.8. The van der Waals surface area contributed by atoms with Gasteiger partial charge in [0.1, 0.15) is 11.6 Å². The third kappa shape index (κ3) is 16.8. The van der Waals surface area contributed by atoms with Gasteiger partial charge in [0.05, 0.1) is 31.0 Å². The normalized spacial score (nSPS) is 31.5. The molecule has 5 heterocycles. The van der Waals surface area contributed by atoms with Crippen molar-refractivity contribution in [2.24, 2.45) is 94.2 Å². The fraction of sp³-hybridized carbons (Fsp3) is 0.641. The molecule has 1 aromatic heterocycles. The highest BCUT2D eigenvalue weighted by atomic mass is 32.1. The van der Waals surface area contributed by atoms with Gasteiger partial charge in [0.2, 0.25) is 0 Å². The number of alkyl halides is 3. The molecular weight excluding hydrogens is 1650 g/mol. The molecule has 8 fully saturated rings. The van der Waals surface area contributed by atoms with Gasteiger partial charge >= 0.3 is 6.18 Å². The largest absolute Gasteiger partial charge is 0.406 e. The third-order valence-electron chi connectivity index (χ3n) is 33.0. The van der Waals surface area contributed by atoms with Crippen molar-refractivity contribution >= 4 is 58.8 Å². The molecule has 129 heavy (non-hydrogen) atoms. The number of hydrogen-bond donors (Lipinski definition) is 4. The predicted molar refractivity (Wildman–Crippen MR) is 495 cm³/mol. The number of thiazole rings is 1. The summed E-state index contributed by atoms with van der Waals surface area (Å²) in [5, 5.41) is 2.82. The van der Waals surface area contributed by atoms with Crippen LogP contribution in [0.15, 0.2) is 104 Å². The average molecular weight is 1790 g/mol. The highest BCUT2D eigenvalue weighted by Crippen LogP contribution is 2.67. The van der Waals surface area contributed by atoms with E-state index in [2.05, 4.69) is 107 Å². The quantitative estimate of drug-likeness (QED) is 0.0469. The number of benzene rings is 4. The first-order chi connectivity index (χ1) is 62.0. The van der Waals surface area contributed by atoms with Crippen LogP contribution in [0.4, 0.5) is 13.2 Å². The summed E-state index contributed by atoms with van der Waals surface area (Å²) in [4.78, 5) is 88.7. The van der Waals surface area contributed by atoms with E-state index in [0.717, 1.165) is 210 Å². The Morgan fingerprint density at radius 2 is 0.822 bits per heavy atom. The maximum atomic E-state index is 14.3. The predicted octanol–water partition coefficient (Wildman–Crippen LogP) is 15.3. The number of aliphatic imine (C=N–C) groups is 4. The number of carbonyl (C=O) groups is 4. The maximum absolute atomic E-state index is 14.3. The SMILES string of the molecule is COC1CCC2(CC1)Cc1ccc(C#CC3CC3)cc1C21N=C(N)N(CCCN(C)C)C1=O.COC1CCC2(CC1)Cc1ccc(CCC3CC3)cc1C21N=C(N)N(CC(C)C)C1=O.COC1CCC2(CC1)Cc1ccc(CCC3CC3)cc1C21N=C(N)N(CC(F)(F)F)C1=O.COC1CCC2(CC1)Cc1ccc(CCC3CC3)cc1C21N=C(N)N(Cc2nccs2)C1=O. The standard InChI is InChI=1S/C27H36N4O2.C26H32N4O2S.C26H37N3O2.C24H30F3N3O2/c1-30(2)15-4-16-31-24(32)27(29-25(31)28)23-17-20(8-7-19-5-6-19)9-10-21(23)18-26(27)13-11-22(33-3)12-14-26;1-32-20-8-10-25(11-9-20)15-19-7-6-18(5-4-17-2-3-17)14-21(19)26(25)23(31)30(24(27)29-26)16-22-28-12-13-33-22;1-17(2)16-29-23(30)26(28-24(29)27)22-14-19(7-6-18-4-5-18)8-9-20(22)15-25(26)12-10-21(31-3)11-13-25;1-32-18-8-10-22(11-9-18)13-17-7-6-16(5-4-15-2-3-15)12-19(17)24(22)20(31)30(21(28)29-24)14-23(25,26)27/h9-10,17,19,22H,4-6,11-16,18H2,1-3H3,(H2,28,29);6-7,12-14,17,20H,2-5,8-11,15-16H2,1H3,(H2,27,29);8-9,14,17-18,21H,4-7,10-13,15-16H2,1-3H3,(H2,27,28);6-7,12,15,18H,2-5,8-11,13-14H2,1H3,(H2,28,29). The number of rotatable bonds is 22. The van der Waals surface area contributed by atoms with Crippen LogP contribution >= 0.6 is 11.3 Å². The van der Waals surface area contributed by atoms with Gasteiger partial charge in [-0.2, -0.15) is 13.2 Å². The molecule has 4 aromatic carbocycles. The van der Waals surface area contributed by atoms with Gasteiger partial charge in [-0.3, -0.25) is 38.8 Å². The van der Waals surface area contributed by atoms with Crippen LogP contribution in [0.2, 0.25) is 0 Å². The number of aromatic nitrogens is 1. The molecule has 0 saturated heterocycles. The van der Waals surface area contributed by atoms with Crippen molar-refractivity contribution in [2.75, 3.05) is 68.7 Å². The lowest BCUT2D eigenvalue weighted by Crippen LogP contribution is -2.53. The summed E-state index contributed by atoms with van der Waals surface area (Å²) in [6, 6.07) is 26.3. The Labute approximate surface area is 764 Å². The van der Waals surface area contributed by atoms with Gasteiger partial charge in [-0.1, -0.05) is 125 Å². The summed E-state index contributed by atoms with van der Waals surface area (Å²) in [6.07, 6.45) is 33.6. The summed E-state index contributed by atoms with van der Waals surface area (Å²) in [7, 11) is 11.2. The van der Waals surface area contributed by atoms with E-state index in [4.69, 9.17) is 56.9 Å².